The van der Waals surface area contributed by atoms with Crippen molar-refractivity contribution in [2.45, 2.75) is 57.2 Å². The molecule has 2 aliphatic heterocycles. The molecule has 1 aromatic heterocycles. The Morgan fingerprint density at radius 1 is 1.10 bits per heavy atom. The van der Waals surface area contributed by atoms with Crippen molar-refractivity contribution in [3.63, 3.8) is 0 Å². The van der Waals surface area contributed by atoms with E-state index in [1.807, 2.05) is 15.6 Å². The lowest BCUT2D eigenvalue weighted by molar-refractivity contribution is -0.132. The summed E-state index contributed by atoms with van der Waals surface area (Å²) in [5.41, 5.74) is 7.14. The third kappa shape index (κ3) is 4.67. The molecule has 7 heteroatoms. The van der Waals surface area contributed by atoms with Gasteiger partial charge in [-0.3, -0.25) is 9.69 Å². The summed E-state index contributed by atoms with van der Waals surface area (Å²) in [7, 11) is 2.10. The van der Waals surface area contributed by atoms with E-state index in [4.69, 9.17) is 15.8 Å². The number of amides is 1. The zero-order chi connectivity index (χ0) is 20.2. The predicted octanol–water partition coefficient (Wildman–Crippen LogP) is 1.26. The Labute approximate surface area is 172 Å². The second-order valence-corrected chi connectivity index (χ2v) is 8.27. The molecule has 0 spiro atoms. The lowest BCUT2D eigenvalue weighted by atomic mass is 10.1. The highest BCUT2D eigenvalue weighted by Crippen LogP contribution is 2.24. The van der Waals surface area contributed by atoms with Crippen LogP contribution in [0.2, 0.25) is 0 Å². The van der Waals surface area contributed by atoms with Crippen LogP contribution in [0.4, 0.5) is 0 Å². The molecule has 0 aliphatic carbocycles. The van der Waals surface area contributed by atoms with Gasteiger partial charge in [0.2, 0.25) is 5.91 Å². The van der Waals surface area contributed by atoms with Gasteiger partial charge in [-0.2, -0.15) is 5.10 Å². The molecule has 29 heavy (non-hydrogen) atoms. The number of likely N-dealkylation sites (N-methyl/N-ethyl adjacent to an activating group) is 1. The number of hydrogen-bond acceptors (Lipinski definition) is 5. The zero-order valence-corrected chi connectivity index (χ0v) is 17.3. The van der Waals surface area contributed by atoms with E-state index in [1.165, 1.54) is 5.56 Å². The van der Waals surface area contributed by atoms with E-state index in [0.717, 1.165) is 56.8 Å². The molecular weight excluding hydrogens is 364 g/mol. The molecule has 2 aliphatic rings. The maximum absolute atomic E-state index is 12.9. The van der Waals surface area contributed by atoms with Gasteiger partial charge >= 0.3 is 0 Å². The third-order valence-electron chi connectivity index (χ3n) is 6.48. The molecule has 0 saturated carbocycles. The maximum atomic E-state index is 12.9. The lowest BCUT2D eigenvalue weighted by Crippen LogP contribution is -2.41. The Morgan fingerprint density at radius 3 is 2.66 bits per heavy atom. The van der Waals surface area contributed by atoms with Crippen LogP contribution in [-0.2, 0) is 30.6 Å². The van der Waals surface area contributed by atoms with Crippen LogP contribution in [0.25, 0.3) is 0 Å². The van der Waals surface area contributed by atoms with E-state index in [0.29, 0.717) is 31.6 Å². The Balaban J connectivity index is 1.30. The summed E-state index contributed by atoms with van der Waals surface area (Å²) >= 11 is 0. The predicted molar refractivity (Wildman–Crippen MR) is 112 cm³/mol. The van der Waals surface area contributed by atoms with Crippen molar-refractivity contribution in [3.05, 3.63) is 47.5 Å². The van der Waals surface area contributed by atoms with Crippen LogP contribution in [0.1, 0.15) is 36.5 Å². The van der Waals surface area contributed by atoms with Gasteiger partial charge in [-0.05, 0) is 31.9 Å². The van der Waals surface area contributed by atoms with Gasteiger partial charge in [-0.1, -0.05) is 30.3 Å². The molecule has 1 saturated heterocycles. The molecule has 7 nitrogen and oxygen atoms in total. The Morgan fingerprint density at radius 2 is 1.90 bits per heavy atom. The number of hydrogen-bond donors (Lipinski definition) is 1. The van der Waals surface area contributed by atoms with Crippen molar-refractivity contribution >= 4 is 5.91 Å². The van der Waals surface area contributed by atoms with Gasteiger partial charge in [0, 0.05) is 51.0 Å². The topological polar surface area (TPSA) is 80.3 Å². The number of carbonyl (C=O) groups excluding carboxylic acids is 1. The molecule has 0 unspecified atom stereocenters. The summed E-state index contributed by atoms with van der Waals surface area (Å²) in [5.74, 6) is 2.16. The van der Waals surface area contributed by atoms with Gasteiger partial charge in [-0.15, -0.1) is 0 Å². The number of benzene rings is 1. The number of fused-ring (bicyclic) bond motifs is 1. The van der Waals surface area contributed by atoms with E-state index in [-0.39, 0.29) is 5.91 Å². The van der Waals surface area contributed by atoms with E-state index in [1.54, 1.807) is 0 Å². The molecule has 2 aromatic rings. The highest BCUT2D eigenvalue weighted by Gasteiger charge is 2.32. The average molecular weight is 397 g/mol. The van der Waals surface area contributed by atoms with Crippen LogP contribution >= 0.6 is 0 Å². The number of aromatic nitrogens is 3. The Hall–Kier alpha value is -2.25. The van der Waals surface area contributed by atoms with Gasteiger partial charge in [0.15, 0.2) is 5.82 Å². The number of aryl methyl sites for hydroxylation is 2. The first-order valence-corrected chi connectivity index (χ1v) is 10.8. The second-order valence-electron chi connectivity index (χ2n) is 8.27. The quantitative estimate of drug-likeness (QED) is 0.795. The summed E-state index contributed by atoms with van der Waals surface area (Å²) in [6, 6.07) is 11.2. The van der Waals surface area contributed by atoms with Crippen molar-refractivity contribution in [3.8, 4) is 0 Å². The minimum Gasteiger partial charge on any atom is -0.340 e. The minimum atomic E-state index is 0.245. The van der Waals surface area contributed by atoms with Crippen LogP contribution in [0, 0.1) is 0 Å². The molecule has 3 heterocycles. The van der Waals surface area contributed by atoms with Crippen LogP contribution in [0.15, 0.2) is 30.3 Å². The standard InChI is InChI=1S/C22H32N6O/c1-26-18(8-9-19(26)16-23)15-22(29)27-12-11-21-24-20(25-28(21)14-13-27)10-7-17-5-3-2-4-6-17/h2-6,18-19H,7-16,23H2,1H3/t18-,19+/m0/s1. The van der Waals surface area contributed by atoms with Crippen LogP contribution < -0.4 is 5.73 Å². The van der Waals surface area contributed by atoms with Crippen molar-refractivity contribution in [2.24, 2.45) is 5.73 Å². The fourth-order valence-electron chi connectivity index (χ4n) is 4.56. The minimum absolute atomic E-state index is 0.245. The number of nitrogens with two attached hydrogens (primary N) is 1. The van der Waals surface area contributed by atoms with Crippen LogP contribution in [0.5, 0.6) is 0 Å². The van der Waals surface area contributed by atoms with Gasteiger partial charge in [0.05, 0.1) is 6.54 Å². The highest BCUT2D eigenvalue weighted by atomic mass is 16.2. The lowest BCUT2D eigenvalue weighted by Gasteiger charge is -2.27. The monoisotopic (exact) mass is 396 g/mol. The van der Waals surface area contributed by atoms with Crippen LogP contribution in [0.3, 0.4) is 0 Å². The summed E-state index contributed by atoms with van der Waals surface area (Å²) in [5, 5.41) is 4.70. The number of carbonyl (C=O) groups is 1. The molecule has 4 rings (SSSR count). The van der Waals surface area contributed by atoms with E-state index in [2.05, 4.69) is 36.2 Å². The first-order valence-electron chi connectivity index (χ1n) is 10.8. The van der Waals surface area contributed by atoms with E-state index >= 15 is 0 Å². The van der Waals surface area contributed by atoms with Crippen LogP contribution in [-0.4, -0.2) is 69.2 Å². The third-order valence-corrected chi connectivity index (χ3v) is 6.48. The smallest absolute Gasteiger partial charge is 0.224 e. The maximum Gasteiger partial charge on any atom is 0.224 e. The molecule has 2 atom stereocenters. The fourth-order valence-corrected chi connectivity index (χ4v) is 4.56. The fraction of sp³-hybridized carbons (Fsp3) is 0.591. The van der Waals surface area contributed by atoms with Gasteiger partial charge in [0.1, 0.15) is 5.82 Å². The molecular formula is C22H32N6O. The van der Waals surface area contributed by atoms with E-state index in [9.17, 15) is 4.79 Å². The SMILES string of the molecule is CN1[C@@H](CN)CC[C@H]1CC(=O)N1CCc2nc(CCc3ccccc3)nn2CC1. The van der Waals surface area contributed by atoms with Gasteiger partial charge in [0.25, 0.3) is 0 Å². The molecule has 0 bridgehead atoms. The highest BCUT2D eigenvalue weighted by molar-refractivity contribution is 5.77. The Bertz CT molecular complexity index is 794. The summed E-state index contributed by atoms with van der Waals surface area (Å²) < 4.78 is 2.00. The molecule has 156 valence electrons. The first-order chi connectivity index (χ1) is 14.1. The van der Waals surface area contributed by atoms with Gasteiger partial charge in [-0.25, -0.2) is 9.67 Å². The summed E-state index contributed by atoms with van der Waals surface area (Å²) in [6.07, 6.45) is 5.32. The van der Waals surface area contributed by atoms with Crippen molar-refractivity contribution in [1.82, 2.24) is 24.6 Å². The van der Waals surface area contributed by atoms with Gasteiger partial charge < -0.3 is 10.6 Å². The molecule has 1 fully saturated rings. The summed E-state index contributed by atoms with van der Waals surface area (Å²) in [4.78, 5) is 21.9. The molecule has 1 amide bonds. The molecule has 1 aromatic carbocycles. The largest absolute Gasteiger partial charge is 0.340 e. The molecule has 0 radical (unpaired) electrons. The number of rotatable bonds is 6. The molecule has 2 N–H and O–H groups in total. The number of nitrogens with zero attached hydrogens (tertiary/aromatic N) is 5. The van der Waals surface area contributed by atoms with Crippen molar-refractivity contribution < 1.29 is 4.79 Å². The van der Waals surface area contributed by atoms with Crippen molar-refractivity contribution in [2.75, 3.05) is 26.7 Å². The average Bonchev–Trinajstić information content (AvgIpc) is 3.23. The summed E-state index contributed by atoms with van der Waals surface area (Å²) in [6.45, 7) is 2.84. The Kier molecular flexibility index (Phi) is 6.25. The number of likely N-dealkylation sites (tertiary alicyclic amines) is 1. The van der Waals surface area contributed by atoms with E-state index < -0.39 is 0 Å². The first kappa shape index (κ1) is 20.0. The normalized spacial score (nSPS) is 22.5. The second kappa shape index (κ2) is 9.05. The van der Waals surface area contributed by atoms with Crippen molar-refractivity contribution in [1.29, 1.82) is 0 Å². The zero-order valence-electron chi connectivity index (χ0n) is 17.3.